The maximum atomic E-state index is 13.3. The number of carbonyl (C=O) groups excluding carboxylic acids is 2. The number of aromatic nitrogens is 1. The Morgan fingerprint density at radius 3 is 2.12 bits per heavy atom. The van der Waals surface area contributed by atoms with Crippen LogP contribution in [0.5, 0.6) is 0 Å². The number of carbonyl (C=O) groups is 2. The van der Waals surface area contributed by atoms with Crippen LogP contribution in [0.1, 0.15) is 30.7 Å². The minimum absolute atomic E-state index is 0.0805. The van der Waals surface area contributed by atoms with Crippen LogP contribution in [0.25, 0.3) is 0 Å². The van der Waals surface area contributed by atoms with Gasteiger partial charge in [-0.25, -0.2) is 13.8 Å². The van der Waals surface area contributed by atoms with Gasteiger partial charge in [-0.2, -0.15) is 0 Å². The van der Waals surface area contributed by atoms with Gasteiger partial charge in [-0.3, -0.25) is 9.59 Å². The fourth-order valence-electron chi connectivity index (χ4n) is 2.80. The van der Waals surface area contributed by atoms with E-state index in [2.05, 4.69) is 4.98 Å². The Bertz CT molecular complexity index is 829. The molecule has 0 saturated carbocycles. The van der Waals surface area contributed by atoms with E-state index in [-0.39, 0.29) is 17.4 Å². The summed E-state index contributed by atoms with van der Waals surface area (Å²) in [6, 6.07) is 3.11. The van der Waals surface area contributed by atoms with E-state index in [0.29, 0.717) is 36.8 Å². The molecule has 3 rings (SSSR count). The molecule has 1 fully saturated rings. The third kappa shape index (κ3) is 3.53. The molecule has 0 radical (unpaired) electrons. The predicted molar refractivity (Wildman–Crippen MR) is 89.8 cm³/mol. The summed E-state index contributed by atoms with van der Waals surface area (Å²) in [6.45, 7) is 5.14. The van der Waals surface area contributed by atoms with Gasteiger partial charge in [0.15, 0.2) is 11.6 Å². The highest BCUT2D eigenvalue weighted by molar-refractivity contribution is 7.13. The van der Waals surface area contributed by atoms with Crippen LogP contribution in [-0.2, 0) is 0 Å². The summed E-state index contributed by atoms with van der Waals surface area (Å²) in [5, 5.41) is 0.841. The quantitative estimate of drug-likeness (QED) is 0.822. The molecule has 1 saturated heterocycles. The maximum absolute atomic E-state index is 13.3. The summed E-state index contributed by atoms with van der Waals surface area (Å²) in [4.78, 5) is 33.1. The molecule has 25 heavy (non-hydrogen) atoms. The largest absolute Gasteiger partial charge is 0.335 e. The number of amides is 2. The van der Waals surface area contributed by atoms with Gasteiger partial charge in [-0.15, -0.1) is 11.3 Å². The fourth-order valence-corrected chi connectivity index (χ4v) is 3.69. The van der Waals surface area contributed by atoms with Crippen molar-refractivity contribution in [2.24, 2.45) is 0 Å². The van der Waals surface area contributed by atoms with Crippen molar-refractivity contribution in [2.45, 2.75) is 13.8 Å². The minimum Gasteiger partial charge on any atom is -0.335 e. The number of hydrogen-bond donors (Lipinski definition) is 0. The molecule has 5 nitrogen and oxygen atoms in total. The number of nitrogens with zero attached hydrogens (tertiary/aromatic N) is 3. The first kappa shape index (κ1) is 17.5. The molecule has 1 aromatic carbocycles. The van der Waals surface area contributed by atoms with Gasteiger partial charge in [-0.1, -0.05) is 0 Å². The third-order valence-electron chi connectivity index (χ3n) is 4.12. The molecule has 1 aromatic heterocycles. The van der Waals surface area contributed by atoms with Gasteiger partial charge < -0.3 is 9.80 Å². The third-order valence-corrected chi connectivity index (χ3v) is 5.18. The molecular weight excluding hydrogens is 348 g/mol. The number of thiazole rings is 1. The molecule has 1 aliphatic rings. The standard InChI is InChI=1S/C17H17F2N3O2S/c1-10-15(25-11(2)20-10)17(24)22-7-5-21(6-8-22)16(23)12-3-4-13(18)14(19)9-12/h3-4,9H,5-8H2,1-2H3. The lowest BCUT2D eigenvalue weighted by molar-refractivity contribution is 0.0537. The van der Waals surface area contributed by atoms with Gasteiger partial charge in [-0.05, 0) is 32.0 Å². The van der Waals surface area contributed by atoms with Gasteiger partial charge in [0.2, 0.25) is 0 Å². The molecule has 0 bridgehead atoms. The van der Waals surface area contributed by atoms with E-state index in [1.165, 1.54) is 17.4 Å². The van der Waals surface area contributed by atoms with E-state index in [0.717, 1.165) is 17.1 Å². The molecule has 1 aliphatic heterocycles. The molecule has 2 aromatic rings. The monoisotopic (exact) mass is 365 g/mol. The number of benzene rings is 1. The van der Waals surface area contributed by atoms with Crippen LogP contribution in [-0.4, -0.2) is 52.8 Å². The molecule has 8 heteroatoms. The molecule has 132 valence electrons. The highest BCUT2D eigenvalue weighted by Gasteiger charge is 2.27. The second-order valence-corrected chi connectivity index (χ2v) is 7.06. The molecule has 0 spiro atoms. The van der Waals surface area contributed by atoms with Crippen LogP contribution in [0.2, 0.25) is 0 Å². The Balaban J connectivity index is 1.65. The van der Waals surface area contributed by atoms with Gasteiger partial charge in [0.25, 0.3) is 11.8 Å². The van der Waals surface area contributed by atoms with E-state index >= 15 is 0 Å². The Labute approximate surface area is 147 Å². The first-order chi connectivity index (χ1) is 11.9. The highest BCUT2D eigenvalue weighted by Crippen LogP contribution is 2.20. The van der Waals surface area contributed by atoms with Crippen molar-refractivity contribution in [3.05, 3.63) is 51.0 Å². The Hall–Kier alpha value is -2.35. The molecule has 2 heterocycles. The number of piperazine rings is 1. The van der Waals surface area contributed by atoms with Crippen LogP contribution < -0.4 is 0 Å². The van der Waals surface area contributed by atoms with Crippen LogP contribution >= 0.6 is 11.3 Å². The molecular formula is C17H17F2N3O2S. The predicted octanol–water partition coefficient (Wildman–Crippen LogP) is 2.64. The summed E-state index contributed by atoms with van der Waals surface area (Å²) >= 11 is 1.36. The number of hydrogen-bond acceptors (Lipinski definition) is 4. The lowest BCUT2D eigenvalue weighted by Gasteiger charge is -2.34. The zero-order chi connectivity index (χ0) is 18.1. The highest BCUT2D eigenvalue weighted by atomic mass is 32.1. The molecule has 0 unspecified atom stereocenters. The minimum atomic E-state index is -1.05. The van der Waals surface area contributed by atoms with Crippen LogP contribution in [0, 0.1) is 25.5 Å². The van der Waals surface area contributed by atoms with Crippen LogP contribution in [0.3, 0.4) is 0 Å². The lowest BCUT2D eigenvalue weighted by Crippen LogP contribution is -2.50. The number of aryl methyl sites for hydroxylation is 2. The van der Waals surface area contributed by atoms with Crippen molar-refractivity contribution < 1.29 is 18.4 Å². The van der Waals surface area contributed by atoms with Crippen molar-refractivity contribution in [3.8, 4) is 0 Å². The molecule has 0 N–H and O–H groups in total. The first-order valence-corrected chi connectivity index (χ1v) is 8.66. The summed E-state index contributed by atoms with van der Waals surface area (Å²) in [5.74, 6) is -2.48. The summed E-state index contributed by atoms with van der Waals surface area (Å²) in [5.41, 5.74) is 0.820. The van der Waals surface area contributed by atoms with Crippen molar-refractivity contribution in [1.82, 2.24) is 14.8 Å². The normalized spacial score (nSPS) is 14.7. The van der Waals surface area contributed by atoms with Crippen LogP contribution in [0.4, 0.5) is 8.78 Å². The maximum Gasteiger partial charge on any atom is 0.265 e. The summed E-state index contributed by atoms with van der Waals surface area (Å²) in [6.07, 6.45) is 0. The van der Waals surface area contributed by atoms with E-state index in [9.17, 15) is 18.4 Å². The van der Waals surface area contributed by atoms with E-state index in [1.807, 2.05) is 6.92 Å². The molecule has 2 amide bonds. The topological polar surface area (TPSA) is 53.5 Å². The summed E-state index contributed by atoms with van der Waals surface area (Å²) < 4.78 is 26.3. The average Bonchev–Trinajstić information content (AvgIpc) is 2.94. The smallest absolute Gasteiger partial charge is 0.265 e. The van der Waals surface area contributed by atoms with E-state index in [1.54, 1.807) is 16.7 Å². The van der Waals surface area contributed by atoms with Gasteiger partial charge in [0.05, 0.1) is 10.7 Å². The zero-order valence-electron chi connectivity index (χ0n) is 13.9. The second kappa shape index (κ2) is 6.87. The first-order valence-electron chi connectivity index (χ1n) is 7.84. The fraction of sp³-hybridized carbons (Fsp3) is 0.353. The zero-order valence-corrected chi connectivity index (χ0v) is 14.7. The Morgan fingerprint density at radius 1 is 1.00 bits per heavy atom. The summed E-state index contributed by atoms with van der Waals surface area (Å²) in [7, 11) is 0. The molecule has 0 aliphatic carbocycles. The van der Waals surface area contributed by atoms with Crippen LogP contribution in [0.15, 0.2) is 18.2 Å². The molecule has 0 atom stereocenters. The average molecular weight is 365 g/mol. The van der Waals surface area contributed by atoms with E-state index in [4.69, 9.17) is 0 Å². The Morgan fingerprint density at radius 2 is 1.60 bits per heavy atom. The number of rotatable bonds is 2. The van der Waals surface area contributed by atoms with Crippen molar-refractivity contribution in [1.29, 1.82) is 0 Å². The van der Waals surface area contributed by atoms with Gasteiger partial charge >= 0.3 is 0 Å². The second-order valence-electron chi connectivity index (χ2n) is 5.86. The van der Waals surface area contributed by atoms with Crippen molar-refractivity contribution in [3.63, 3.8) is 0 Å². The van der Waals surface area contributed by atoms with Gasteiger partial charge in [0.1, 0.15) is 4.88 Å². The van der Waals surface area contributed by atoms with Crippen molar-refractivity contribution >= 4 is 23.2 Å². The Kier molecular flexibility index (Phi) is 4.80. The van der Waals surface area contributed by atoms with Gasteiger partial charge in [0, 0.05) is 31.7 Å². The lowest BCUT2D eigenvalue weighted by atomic mass is 10.1. The SMILES string of the molecule is Cc1nc(C)c(C(=O)N2CCN(C(=O)c3ccc(F)c(F)c3)CC2)s1. The van der Waals surface area contributed by atoms with Crippen molar-refractivity contribution in [2.75, 3.05) is 26.2 Å². The van der Waals surface area contributed by atoms with E-state index < -0.39 is 11.6 Å². The number of halogens is 2.